The molecular weight excluding hydrogens is 276 g/mol. The molecule has 0 aliphatic carbocycles. The van der Waals surface area contributed by atoms with Gasteiger partial charge in [-0.1, -0.05) is 28.1 Å². The Morgan fingerprint density at radius 3 is 2.65 bits per heavy atom. The Morgan fingerprint density at radius 2 is 2.00 bits per heavy atom. The van der Waals surface area contributed by atoms with Gasteiger partial charge in [0.1, 0.15) is 0 Å². The summed E-state index contributed by atoms with van der Waals surface area (Å²) in [5, 5.41) is 3.49. The molecule has 2 atom stereocenters. The van der Waals surface area contributed by atoms with Crippen LogP contribution in [0.1, 0.15) is 11.1 Å². The summed E-state index contributed by atoms with van der Waals surface area (Å²) in [5.74, 6) is 1.78. The van der Waals surface area contributed by atoms with Gasteiger partial charge in [0, 0.05) is 24.1 Å². The standard InChI is InChI=1S/C14H19BrN2/c1-10-2-3-11(4-14(10)15)7-17-8-12-5-16-6-13(12)9-17/h2-4,12-13,16H,5-9H2,1H3. The Bertz CT molecular complexity index is 407. The second-order valence-corrected chi connectivity index (χ2v) is 6.31. The number of fused-ring (bicyclic) bond motifs is 1. The number of nitrogens with one attached hydrogen (secondary N) is 1. The highest BCUT2D eigenvalue weighted by Crippen LogP contribution is 2.28. The number of rotatable bonds is 2. The molecule has 0 spiro atoms. The lowest BCUT2D eigenvalue weighted by molar-refractivity contribution is 0.305. The Balaban J connectivity index is 1.65. The zero-order chi connectivity index (χ0) is 11.8. The van der Waals surface area contributed by atoms with Gasteiger partial charge in [-0.15, -0.1) is 0 Å². The molecule has 0 aromatic heterocycles. The number of hydrogen-bond acceptors (Lipinski definition) is 2. The lowest BCUT2D eigenvalue weighted by Gasteiger charge is -2.17. The van der Waals surface area contributed by atoms with Gasteiger partial charge in [-0.2, -0.15) is 0 Å². The van der Waals surface area contributed by atoms with Crippen LogP contribution in [0.3, 0.4) is 0 Å². The normalized spacial score (nSPS) is 28.6. The van der Waals surface area contributed by atoms with Crippen LogP contribution in [0, 0.1) is 18.8 Å². The minimum absolute atomic E-state index is 0.892. The van der Waals surface area contributed by atoms with E-state index in [-0.39, 0.29) is 0 Å². The van der Waals surface area contributed by atoms with E-state index in [9.17, 15) is 0 Å². The summed E-state index contributed by atoms with van der Waals surface area (Å²) >= 11 is 3.62. The molecule has 0 saturated carbocycles. The average Bonchev–Trinajstić information content (AvgIpc) is 2.84. The molecule has 2 aliphatic rings. The highest BCUT2D eigenvalue weighted by molar-refractivity contribution is 9.10. The highest BCUT2D eigenvalue weighted by Gasteiger charge is 2.35. The van der Waals surface area contributed by atoms with E-state index in [0.29, 0.717) is 0 Å². The lowest BCUT2D eigenvalue weighted by Crippen LogP contribution is -2.25. The zero-order valence-electron chi connectivity index (χ0n) is 10.2. The van der Waals surface area contributed by atoms with E-state index < -0.39 is 0 Å². The van der Waals surface area contributed by atoms with Crippen molar-refractivity contribution in [3.8, 4) is 0 Å². The van der Waals surface area contributed by atoms with Crippen LogP contribution < -0.4 is 5.32 Å². The van der Waals surface area contributed by atoms with Crippen molar-refractivity contribution in [2.24, 2.45) is 11.8 Å². The number of benzene rings is 1. The van der Waals surface area contributed by atoms with Crippen molar-refractivity contribution in [3.05, 3.63) is 33.8 Å². The van der Waals surface area contributed by atoms with Gasteiger partial charge in [0.05, 0.1) is 0 Å². The summed E-state index contributed by atoms with van der Waals surface area (Å²) in [4.78, 5) is 2.60. The summed E-state index contributed by atoms with van der Waals surface area (Å²) in [6.07, 6.45) is 0. The van der Waals surface area contributed by atoms with E-state index >= 15 is 0 Å². The summed E-state index contributed by atoms with van der Waals surface area (Å²) in [6.45, 7) is 8.22. The van der Waals surface area contributed by atoms with Gasteiger partial charge in [0.15, 0.2) is 0 Å². The first-order valence-electron chi connectivity index (χ1n) is 6.40. The molecule has 2 heterocycles. The Labute approximate surface area is 112 Å². The predicted octanol–water partition coefficient (Wildman–Crippen LogP) is 2.41. The smallest absolute Gasteiger partial charge is 0.0234 e. The third-order valence-electron chi connectivity index (χ3n) is 4.11. The fourth-order valence-corrected chi connectivity index (χ4v) is 3.50. The van der Waals surface area contributed by atoms with Crippen LogP contribution >= 0.6 is 15.9 Å². The van der Waals surface area contributed by atoms with Crippen molar-refractivity contribution < 1.29 is 0 Å². The van der Waals surface area contributed by atoms with Crippen LogP contribution in [0.25, 0.3) is 0 Å². The van der Waals surface area contributed by atoms with Gasteiger partial charge < -0.3 is 5.32 Å². The Kier molecular flexibility index (Phi) is 3.24. The van der Waals surface area contributed by atoms with E-state index in [1.54, 1.807) is 0 Å². The minimum atomic E-state index is 0.892. The van der Waals surface area contributed by atoms with Gasteiger partial charge in [0.25, 0.3) is 0 Å². The molecule has 2 unspecified atom stereocenters. The van der Waals surface area contributed by atoms with Crippen LogP contribution in [0.4, 0.5) is 0 Å². The third-order valence-corrected chi connectivity index (χ3v) is 4.96. The second kappa shape index (κ2) is 4.71. The first kappa shape index (κ1) is 11.7. The first-order chi connectivity index (χ1) is 8.22. The van der Waals surface area contributed by atoms with Gasteiger partial charge in [0.2, 0.25) is 0 Å². The van der Waals surface area contributed by atoms with E-state index in [0.717, 1.165) is 18.4 Å². The zero-order valence-corrected chi connectivity index (χ0v) is 11.8. The van der Waals surface area contributed by atoms with Crippen LogP contribution in [-0.2, 0) is 6.54 Å². The number of hydrogen-bond donors (Lipinski definition) is 1. The molecule has 1 aromatic rings. The summed E-state index contributed by atoms with van der Waals surface area (Å²) in [7, 11) is 0. The Morgan fingerprint density at radius 1 is 1.29 bits per heavy atom. The first-order valence-corrected chi connectivity index (χ1v) is 7.20. The molecular formula is C14H19BrN2. The maximum Gasteiger partial charge on any atom is 0.0234 e. The maximum absolute atomic E-state index is 3.62. The van der Waals surface area contributed by atoms with Crippen LogP contribution in [0.15, 0.2) is 22.7 Å². The summed E-state index contributed by atoms with van der Waals surface area (Å²) in [6, 6.07) is 6.73. The molecule has 3 rings (SSSR count). The predicted molar refractivity (Wildman–Crippen MR) is 74.0 cm³/mol. The van der Waals surface area contributed by atoms with Crippen LogP contribution in [-0.4, -0.2) is 31.1 Å². The van der Waals surface area contributed by atoms with E-state index in [1.807, 2.05) is 0 Å². The average molecular weight is 295 g/mol. The van der Waals surface area contributed by atoms with Crippen molar-refractivity contribution in [1.82, 2.24) is 10.2 Å². The molecule has 1 aromatic carbocycles. The number of halogens is 1. The molecule has 0 radical (unpaired) electrons. The fraction of sp³-hybridized carbons (Fsp3) is 0.571. The largest absolute Gasteiger partial charge is 0.316 e. The number of nitrogens with zero attached hydrogens (tertiary/aromatic N) is 1. The molecule has 1 N–H and O–H groups in total. The fourth-order valence-electron chi connectivity index (χ4n) is 3.07. The van der Waals surface area contributed by atoms with E-state index in [4.69, 9.17) is 0 Å². The molecule has 17 heavy (non-hydrogen) atoms. The molecule has 2 nitrogen and oxygen atoms in total. The van der Waals surface area contributed by atoms with Crippen molar-refractivity contribution in [2.45, 2.75) is 13.5 Å². The van der Waals surface area contributed by atoms with E-state index in [2.05, 4.69) is 51.3 Å². The van der Waals surface area contributed by atoms with E-state index in [1.165, 1.54) is 41.8 Å². The molecule has 92 valence electrons. The van der Waals surface area contributed by atoms with Gasteiger partial charge >= 0.3 is 0 Å². The van der Waals surface area contributed by atoms with Crippen molar-refractivity contribution >= 4 is 15.9 Å². The summed E-state index contributed by atoms with van der Waals surface area (Å²) in [5.41, 5.74) is 2.74. The van der Waals surface area contributed by atoms with Crippen molar-refractivity contribution in [1.29, 1.82) is 0 Å². The summed E-state index contributed by atoms with van der Waals surface area (Å²) < 4.78 is 1.23. The monoisotopic (exact) mass is 294 g/mol. The lowest BCUT2D eigenvalue weighted by atomic mass is 10.0. The minimum Gasteiger partial charge on any atom is -0.316 e. The van der Waals surface area contributed by atoms with Crippen LogP contribution in [0.2, 0.25) is 0 Å². The molecule has 2 aliphatic heterocycles. The van der Waals surface area contributed by atoms with Crippen LogP contribution in [0.5, 0.6) is 0 Å². The quantitative estimate of drug-likeness (QED) is 0.901. The van der Waals surface area contributed by atoms with Gasteiger partial charge in [-0.05, 0) is 49.0 Å². The SMILES string of the molecule is Cc1ccc(CN2CC3CNCC3C2)cc1Br. The molecule has 2 saturated heterocycles. The number of aryl methyl sites for hydroxylation is 1. The molecule has 3 heteroatoms. The number of likely N-dealkylation sites (tertiary alicyclic amines) is 1. The van der Waals surface area contributed by atoms with Crippen molar-refractivity contribution in [3.63, 3.8) is 0 Å². The highest BCUT2D eigenvalue weighted by atomic mass is 79.9. The topological polar surface area (TPSA) is 15.3 Å². The van der Waals surface area contributed by atoms with Gasteiger partial charge in [-0.3, -0.25) is 4.90 Å². The molecule has 0 bridgehead atoms. The Hall–Kier alpha value is -0.380. The molecule has 2 fully saturated rings. The maximum atomic E-state index is 3.62. The van der Waals surface area contributed by atoms with Crippen molar-refractivity contribution in [2.75, 3.05) is 26.2 Å². The van der Waals surface area contributed by atoms with Gasteiger partial charge in [-0.25, -0.2) is 0 Å². The second-order valence-electron chi connectivity index (χ2n) is 5.46. The molecule has 0 amide bonds. The third kappa shape index (κ3) is 2.42.